The Kier molecular flexibility index (Phi) is 6.95. The number of benzene rings is 1. The van der Waals surface area contributed by atoms with Gasteiger partial charge in [-0.25, -0.2) is 4.99 Å². The first kappa shape index (κ1) is 20.7. The van der Waals surface area contributed by atoms with Gasteiger partial charge in [0.05, 0.1) is 25.9 Å². The number of aromatic nitrogens is 3. The quantitative estimate of drug-likeness (QED) is 0.333. The molecule has 7 nitrogen and oxygen atoms in total. The van der Waals surface area contributed by atoms with Crippen LogP contribution in [0, 0.1) is 0 Å². The molecule has 1 aliphatic rings. The molecule has 3 aromatic rings. The third kappa shape index (κ3) is 4.67. The van der Waals surface area contributed by atoms with E-state index in [-0.39, 0.29) is 30.1 Å². The van der Waals surface area contributed by atoms with Gasteiger partial charge in [-0.3, -0.25) is 4.68 Å². The fourth-order valence-corrected chi connectivity index (χ4v) is 3.45. The minimum atomic E-state index is 0. The third-order valence-electron chi connectivity index (χ3n) is 4.78. The minimum absolute atomic E-state index is 0. The normalized spacial score (nSPS) is 17.6. The summed E-state index contributed by atoms with van der Waals surface area (Å²) in [4.78, 5) is 10.6. The zero-order valence-electron chi connectivity index (χ0n) is 16.3. The molecular formula is C20H27IN6O. The second-order valence-corrected chi connectivity index (χ2v) is 6.80. The number of fused-ring (bicyclic) bond motifs is 1. The van der Waals surface area contributed by atoms with Gasteiger partial charge >= 0.3 is 0 Å². The highest BCUT2D eigenvalue weighted by molar-refractivity contribution is 14.0. The first-order chi connectivity index (χ1) is 13.2. The maximum Gasteiger partial charge on any atom is 0.194 e. The summed E-state index contributed by atoms with van der Waals surface area (Å²) < 4.78 is 7.77. The van der Waals surface area contributed by atoms with E-state index in [0.29, 0.717) is 13.2 Å². The number of hydrogen-bond donors (Lipinski definition) is 2. The van der Waals surface area contributed by atoms with Crippen LogP contribution < -0.4 is 5.32 Å². The molecule has 2 aromatic heterocycles. The summed E-state index contributed by atoms with van der Waals surface area (Å²) in [6.45, 7) is 5.82. The maximum absolute atomic E-state index is 5.95. The van der Waals surface area contributed by atoms with Crippen LogP contribution in [0.4, 0.5) is 0 Å². The summed E-state index contributed by atoms with van der Waals surface area (Å²) in [6.07, 6.45) is 3.91. The molecule has 150 valence electrons. The standard InChI is InChI=1S/C20H26N6O.HI/c1-3-21-20(22-12-17-10-15-6-4-5-7-18(15)24-17)26-8-9-27-19(14-26)16-11-23-25(2)13-16;/h4-7,10-11,13,19,24H,3,8-9,12,14H2,1-2H3,(H,21,22);1H. The second kappa shape index (κ2) is 9.42. The second-order valence-electron chi connectivity index (χ2n) is 6.80. The molecular weight excluding hydrogens is 467 g/mol. The lowest BCUT2D eigenvalue weighted by Gasteiger charge is -2.34. The van der Waals surface area contributed by atoms with Crippen molar-refractivity contribution in [2.24, 2.45) is 12.0 Å². The van der Waals surface area contributed by atoms with E-state index in [0.717, 1.165) is 42.4 Å². The maximum atomic E-state index is 5.95. The summed E-state index contributed by atoms with van der Waals surface area (Å²) in [6, 6.07) is 10.5. The van der Waals surface area contributed by atoms with Crippen molar-refractivity contribution in [2.75, 3.05) is 26.2 Å². The first-order valence-electron chi connectivity index (χ1n) is 9.43. The lowest BCUT2D eigenvalue weighted by Crippen LogP contribution is -2.48. The smallest absolute Gasteiger partial charge is 0.194 e. The number of para-hydroxylation sites is 1. The van der Waals surface area contributed by atoms with Crippen LogP contribution in [-0.2, 0) is 18.3 Å². The van der Waals surface area contributed by atoms with Crippen molar-refractivity contribution in [2.45, 2.75) is 19.6 Å². The number of H-pyrrole nitrogens is 1. The summed E-state index contributed by atoms with van der Waals surface area (Å²) in [5, 5.41) is 8.90. The van der Waals surface area contributed by atoms with E-state index in [1.807, 2.05) is 30.2 Å². The number of rotatable bonds is 4. The molecule has 4 rings (SSSR count). The summed E-state index contributed by atoms with van der Waals surface area (Å²) in [5.41, 5.74) is 3.37. The summed E-state index contributed by atoms with van der Waals surface area (Å²) in [7, 11) is 1.93. The van der Waals surface area contributed by atoms with Crippen LogP contribution in [0.15, 0.2) is 47.7 Å². The van der Waals surface area contributed by atoms with Crippen molar-refractivity contribution in [1.82, 2.24) is 25.0 Å². The Balaban J connectivity index is 0.00000225. The molecule has 0 aliphatic carbocycles. The van der Waals surface area contributed by atoms with Crippen molar-refractivity contribution < 1.29 is 4.74 Å². The highest BCUT2D eigenvalue weighted by Gasteiger charge is 2.25. The van der Waals surface area contributed by atoms with Gasteiger partial charge < -0.3 is 19.9 Å². The van der Waals surface area contributed by atoms with Crippen LogP contribution in [-0.4, -0.2) is 51.9 Å². The number of guanidine groups is 1. The molecule has 2 N–H and O–H groups in total. The molecule has 1 unspecified atom stereocenters. The van der Waals surface area contributed by atoms with E-state index in [1.54, 1.807) is 0 Å². The van der Waals surface area contributed by atoms with Crippen LogP contribution in [0.2, 0.25) is 0 Å². The Morgan fingerprint density at radius 1 is 1.39 bits per heavy atom. The van der Waals surface area contributed by atoms with E-state index < -0.39 is 0 Å². The summed E-state index contributed by atoms with van der Waals surface area (Å²) in [5.74, 6) is 0.924. The van der Waals surface area contributed by atoms with E-state index in [1.165, 1.54) is 5.39 Å². The average molecular weight is 494 g/mol. The number of nitrogens with zero attached hydrogens (tertiary/aromatic N) is 4. The fourth-order valence-electron chi connectivity index (χ4n) is 3.45. The molecule has 1 fully saturated rings. The van der Waals surface area contributed by atoms with Gasteiger partial charge in [0, 0.05) is 43.1 Å². The van der Waals surface area contributed by atoms with Crippen LogP contribution in [0.3, 0.4) is 0 Å². The Labute approximate surface area is 182 Å². The topological polar surface area (TPSA) is 70.5 Å². The number of hydrogen-bond acceptors (Lipinski definition) is 3. The van der Waals surface area contributed by atoms with Crippen molar-refractivity contribution in [3.63, 3.8) is 0 Å². The first-order valence-corrected chi connectivity index (χ1v) is 9.43. The molecule has 1 atom stereocenters. The van der Waals surface area contributed by atoms with Gasteiger partial charge in [0.15, 0.2) is 5.96 Å². The Morgan fingerprint density at radius 3 is 3.00 bits per heavy atom. The molecule has 0 amide bonds. The third-order valence-corrected chi connectivity index (χ3v) is 4.78. The Bertz CT molecular complexity index is 901. The molecule has 0 bridgehead atoms. The van der Waals surface area contributed by atoms with E-state index in [4.69, 9.17) is 9.73 Å². The van der Waals surface area contributed by atoms with Crippen LogP contribution in [0.25, 0.3) is 10.9 Å². The number of ether oxygens (including phenoxy) is 1. The molecule has 0 saturated carbocycles. The molecule has 1 aromatic carbocycles. The summed E-state index contributed by atoms with van der Waals surface area (Å²) >= 11 is 0. The monoisotopic (exact) mass is 494 g/mol. The predicted molar refractivity (Wildman–Crippen MR) is 122 cm³/mol. The van der Waals surface area contributed by atoms with Crippen LogP contribution in [0.1, 0.15) is 24.3 Å². The van der Waals surface area contributed by atoms with Crippen molar-refractivity contribution >= 4 is 40.8 Å². The van der Waals surface area contributed by atoms with E-state index in [2.05, 4.69) is 51.5 Å². The average Bonchev–Trinajstić information content (AvgIpc) is 3.31. The van der Waals surface area contributed by atoms with Gasteiger partial charge in [0.1, 0.15) is 6.10 Å². The molecule has 28 heavy (non-hydrogen) atoms. The van der Waals surface area contributed by atoms with Gasteiger partial charge in [0.25, 0.3) is 0 Å². The number of aromatic amines is 1. The molecule has 0 spiro atoms. The lowest BCUT2D eigenvalue weighted by atomic mass is 10.1. The van der Waals surface area contributed by atoms with Crippen molar-refractivity contribution in [1.29, 1.82) is 0 Å². The largest absolute Gasteiger partial charge is 0.370 e. The van der Waals surface area contributed by atoms with Crippen LogP contribution >= 0.6 is 24.0 Å². The number of aryl methyl sites for hydroxylation is 1. The number of morpholine rings is 1. The zero-order valence-corrected chi connectivity index (χ0v) is 18.6. The Hall–Kier alpha value is -2.07. The van der Waals surface area contributed by atoms with Gasteiger partial charge in [-0.15, -0.1) is 24.0 Å². The van der Waals surface area contributed by atoms with Crippen molar-refractivity contribution in [3.8, 4) is 0 Å². The highest BCUT2D eigenvalue weighted by Crippen LogP contribution is 2.22. The molecule has 1 aliphatic heterocycles. The number of nitrogens with one attached hydrogen (secondary N) is 2. The molecule has 0 radical (unpaired) electrons. The number of halogens is 1. The highest BCUT2D eigenvalue weighted by atomic mass is 127. The van der Waals surface area contributed by atoms with Gasteiger partial charge in [0.2, 0.25) is 0 Å². The van der Waals surface area contributed by atoms with Gasteiger partial charge in [-0.05, 0) is 24.4 Å². The zero-order chi connectivity index (χ0) is 18.6. The predicted octanol–water partition coefficient (Wildman–Crippen LogP) is 3.06. The van der Waals surface area contributed by atoms with Gasteiger partial charge in [-0.1, -0.05) is 18.2 Å². The lowest BCUT2D eigenvalue weighted by molar-refractivity contribution is -0.00805. The molecule has 1 saturated heterocycles. The molecule has 3 heterocycles. The number of aliphatic imine (C=N–C) groups is 1. The van der Waals surface area contributed by atoms with Crippen molar-refractivity contribution in [3.05, 3.63) is 54.0 Å². The van der Waals surface area contributed by atoms with Gasteiger partial charge in [-0.2, -0.15) is 5.10 Å². The minimum Gasteiger partial charge on any atom is -0.370 e. The van der Waals surface area contributed by atoms with E-state index in [9.17, 15) is 0 Å². The van der Waals surface area contributed by atoms with E-state index >= 15 is 0 Å². The fraction of sp³-hybridized carbons (Fsp3) is 0.400. The SMILES string of the molecule is CCNC(=NCc1cc2ccccc2[nH]1)N1CCOC(c2cnn(C)c2)C1.I. The Morgan fingerprint density at radius 2 is 2.25 bits per heavy atom. The van der Waals surface area contributed by atoms with Crippen LogP contribution in [0.5, 0.6) is 0 Å². The molecule has 8 heteroatoms.